The molecule has 1 aromatic carbocycles. The molecule has 0 heterocycles. The molecule has 0 spiro atoms. The lowest BCUT2D eigenvalue weighted by Gasteiger charge is -2.04. The average Bonchev–Trinajstić information content (AvgIpc) is 2.32. The highest BCUT2D eigenvalue weighted by Crippen LogP contribution is 2.23. The zero-order chi connectivity index (χ0) is 13.4. The highest BCUT2D eigenvalue weighted by atomic mass is 16.3. The van der Waals surface area contributed by atoms with Crippen molar-refractivity contribution in [2.75, 3.05) is 0 Å². The summed E-state index contributed by atoms with van der Waals surface area (Å²) in [5.74, 6) is 0.157. The Balaban J connectivity index is 2.31. The van der Waals surface area contributed by atoms with Crippen molar-refractivity contribution >= 4 is 5.78 Å². The average molecular weight is 250 g/mol. The number of unbranched alkanes of at least 4 members (excludes halogenated alkanes) is 4. The highest BCUT2D eigenvalue weighted by Gasteiger charge is 2.08. The van der Waals surface area contributed by atoms with Crippen molar-refractivity contribution in [1.29, 1.82) is 0 Å². The Labute approximate surface area is 108 Å². The van der Waals surface area contributed by atoms with Crippen LogP contribution in [0.15, 0.2) is 18.2 Å². The molecule has 0 fully saturated rings. The second-order valence-corrected chi connectivity index (χ2v) is 4.69. The van der Waals surface area contributed by atoms with Crippen LogP contribution in [-0.2, 0) is 11.2 Å². The molecular formula is C15H22O3. The van der Waals surface area contributed by atoms with Gasteiger partial charge in [0.25, 0.3) is 0 Å². The van der Waals surface area contributed by atoms with E-state index in [0.29, 0.717) is 12.0 Å². The first kappa shape index (κ1) is 14.6. The first-order valence-electron chi connectivity index (χ1n) is 6.66. The predicted molar refractivity (Wildman–Crippen MR) is 71.9 cm³/mol. The van der Waals surface area contributed by atoms with Gasteiger partial charge in [0.15, 0.2) is 0 Å². The zero-order valence-corrected chi connectivity index (χ0v) is 11.0. The topological polar surface area (TPSA) is 57.5 Å². The maximum atomic E-state index is 11.7. The largest absolute Gasteiger partial charge is 0.508 e. The molecule has 1 rings (SSSR count). The van der Waals surface area contributed by atoms with Gasteiger partial charge in [-0.3, -0.25) is 4.79 Å². The maximum absolute atomic E-state index is 11.7. The number of Topliss-reactive ketones (excluding diaryl/α,β-unsaturated/α-hetero) is 1. The van der Waals surface area contributed by atoms with E-state index in [1.807, 2.05) is 0 Å². The number of rotatable bonds is 8. The lowest BCUT2D eigenvalue weighted by atomic mass is 10.0. The van der Waals surface area contributed by atoms with Crippen LogP contribution in [-0.4, -0.2) is 16.0 Å². The van der Waals surface area contributed by atoms with Crippen molar-refractivity contribution in [1.82, 2.24) is 0 Å². The minimum absolute atomic E-state index is 0.00525. The van der Waals surface area contributed by atoms with Crippen LogP contribution in [0.25, 0.3) is 0 Å². The molecule has 0 saturated heterocycles. The summed E-state index contributed by atoms with van der Waals surface area (Å²) in [6.45, 7) is 2.17. The van der Waals surface area contributed by atoms with Gasteiger partial charge in [-0.05, 0) is 12.5 Å². The molecule has 0 aliphatic carbocycles. The van der Waals surface area contributed by atoms with E-state index >= 15 is 0 Å². The summed E-state index contributed by atoms with van der Waals surface area (Å²) in [5, 5.41) is 18.7. The van der Waals surface area contributed by atoms with Crippen LogP contribution in [0, 0.1) is 0 Å². The van der Waals surface area contributed by atoms with Gasteiger partial charge in [0.05, 0.1) is 0 Å². The quantitative estimate of drug-likeness (QED) is 0.693. The smallest absolute Gasteiger partial charge is 0.137 e. The highest BCUT2D eigenvalue weighted by molar-refractivity contribution is 5.81. The van der Waals surface area contributed by atoms with Crippen LogP contribution >= 0.6 is 0 Å². The Bertz CT molecular complexity index is 385. The molecule has 100 valence electrons. The van der Waals surface area contributed by atoms with E-state index in [0.717, 1.165) is 12.8 Å². The molecular weight excluding hydrogens is 228 g/mol. The van der Waals surface area contributed by atoms with Gasteiger partial charge in [-0.1, -0.05) is 38.7 Å². The van der Waals surface area contributed by atoms with E-state index < -0.39 is 0 Å². The third-order valence-electron chi connectivity index (χ3n) is 3.02. The van der Waals surface area contributed by atoms with E-state index in [9.17, 15) is 9.90 Å². The number of carbonyl (C=O) groups excluding carboxylic acids is 1. The summed E-state index contributed by atoms with van der Waals surface area (Å²) in [5.41, 5.74) is 0.589. The summed E-state index contributed by atoms with van der Waals surface area (Å²) in [7, 11) is 0. The first-order valence-corrected chi connectivity index (χ1v) is 6.66. The molecule has 0 unspecified atom stereocenters. The molecule has 3 nitrogen and oxygen atoms in total. The molecule has 1 aromatic rings. The molecule has 0 aliphatic rings. The monoisotopic (exact) mass is 250 g/mol. The number of phenolic OH excluding ortho intramolecular Hbond substituents is 2. The maximum Gasteiger partial charge on any atom is 0.137 e. The first-order chi connectivity index (χ1) is 8.63. The minimum Gasteiger partial charge on any atom is -0.508 e. The van der Waals surface area contributed by atoms with Crippen molar-refractivity contribution < 1.29 is 15.0 Å². The van der Waals surface area contributed by atoms with Crippen molar-refractivity contribution in [3.05, 3.63) is 23.8 Å². The van der Waals surface area contributed by atoms with E-state index in [1.54, 1.807) is 6.07 Å². The van der Waals surface area contributed by atoms with Gasteiger partial charge in [0, 0.05) is 24.5 Å². The number of carbonyl (C=O) groups is 1. The predicted octanol–water partition coefficient (Wildman–Crippen LogP) is 3.57. The van der Waals surface area contributed by atoms with E-state index in [4.69, 9.17) is 5.11 Å². The SMILES string of the molecule is CCCCCCCC(=O)Cc1ccc(O)cc1O. The van der Waals surface area contributed by atoms with Gasteiger partial charge >= 0.3 is 0 Å². The summed E-state index contributed by atoms with van der Waals surface area (Å²) in [6.07, 6.45) is 6.47. The molecule has 3 heteroatoms. The number of ketones is 1. The van der Waals surface area contributed by atoms with Gasteiger partial charge < -0.3 is 10.2 Å². The van der Waals surface area contributed by atoms with E-state index in [1.165, 1.54) is 31.4 Å². The number of benzene rings is 1. The van der Waals surface area contributed by atoms with Crippen molar-refractivity contribution in [3.8, 4) is 11.5 Å². The molecule has 0 aromatic heterocycles. The minimum atomic E-state index is -0.00525. The number of hydrogen-bond donors (Lipinski definition) is 2. The fourth-order valence-corrected chi connectivity index (χ4v) is 1.93. The molecule has 2 N–H and O–H groups in total. The number of hydrogen-bond acceptors (Lipinski definition) is 3. The van der Waals surface area contributed by atoms with Crippen LogP contribution in [0.5, 0.6) is 11.5 Å². The third kappa shape index (κ3) is 5.21. The number of phenols is 2. The third-order valence-corrected chi connectivity index (χ3v) is 3.02. The van der Waals surface area contributed by atoms with E-state index in [-0.39, 0.29) is 23.7 Å². The van der Waals surface area contributed by atoms with Crippen molar-refractivity contribution in [3.63, 3.8) is 0 Å². The van der Waals surface area contributed by atoms with Gasteiger partial charge in [-0.25, -0.2) is 0 Å². The molecule has 18 heavy (non-hydrogen) atoms. The fraction of sp³-hybridized carbons (Fsp3) is 0.533. The summed E-state index contributed by atoms with van der Waals surface area (Å²) in [4.78, 5) is 11.7. The Morgan fingerprint density at radius 1 is 1.11 bits per heavy atom. The summed E-state index contributed by atoms with van der Waals surface area (Å²) < 4.78 is 0. The van der Waals surface area contributed by atoms with Crippen LogP contribution in [0.3, 0.4) is 0 Å². The molecule has 0 bridgehead atoms. The molecule has 0 amide bonds. The Morgan fingerprint density at radius 2 is 1.83 bits per heavy atom. The van der Waals surface area contributed by atoms with Gasteiger partial charge in [-0.15, -0.1) is 0 Å². The molecule has 0 radical (unpaired) electrons. The molecule has 0 atom stereocenters. The Hall–Kier alpha value is -1.51. The normalized spacial score (nSPS) is 10.5. The van der Waals surface area contributed by atoms with Gasteiger partial charge in [0.1, 0.15) is 17.3 Å². The van der Waals surface area contributed by atoms with Crippen LogP contribution in [0.2, 0.25) is 0 Å². The van der Waals surface area contributed by atoms with Crippen molar-refractivity contribution in [2.24, 2.45) is 0 Å². The van der Waals surface area contributed by atoms with Gasteiger partial charge in [-0.2, -0.15) is 0 Å². The second kappa shape index (κ2) is 7.75. The Morgan fingerprint density at radius 3 is 2.50 bits per heavy atom. The van der Waals surface area contributed by atoms with Crippen LogP contribution in [0.1, 0.15) is 51.0 Å². The van der Waals surface area contributed by atoms with Crippen molar-refractivity contribution in [2.45, 2.75) is 51.9 Å². The van der Waals surface area contributed by atoms with Gasteiger partial charge in [0.2, 0.25) is 0 Å². The van der Waals surface area contributed by atoms with Crippen LogP contribution in [0.4, 0.5) is 0 Å². The lowest BCUT2D eigenvalue weighted by molar-refractivity contribution is -0.118. The van der Waals surface area contributed by atoms with E-state index in [2.05, 4.69) is 6.92 Å². The second-order valence-electron chi connectivity index (χ2n) is 4.69. The summed E-state index contributed by atoms with van der Waals surface area (Å²) >= 11 is 0. The zero-order valence-electron chi connectivity index (χ0n) is 11.0. The lowest BCUT2D eigenvalue weighted by Crippen LogP contribution is -2.02. The fourth-order valence-electron chi connectivity index (χ4n) is 1.93. The molecule has 0 aliphatic heterocycles. The Kier molecular flexibility index (Phi) is 6.26. The number of aromatic hydroxyl groups is 2. The summed E-state index contributed by atoms with van der Waals surface area (Å²) in [6, 6.07) is 4.35. The molecule has 0 saturated carbocycles. The standard InChI is InChI=1S/C15H22O3/c1-2-3-4-5-6-7-13(16)10-12-8-9-14(17)11-15(12)18/h8-9,11,17-18H,2-7,10H2,1H3. The van der Waals surface area contributed by atoms with Crippen LogP contribution < -0.4 is 0 Å².